The largest absolute Gasteiger partial charge is 0.516 e. The molecule has 2 heteroatoms. The molecular weight excluding hydrogens is 74.9 g/mol. The number of aliphatic hydroxyl groups is 1. The van der Waals surface area contributed by atoms with Gasteiger partial charge in [-0.3, -0.25) is 0 Å². The molecule has 34 valence electrons. The molecule has 0 spiro atoms. The summed E-state index contributed by atoms with van der Waals surface area (Å²) in [6.45, 7) is 0. The van der Waals surface area contributed by atoms with Crippen molar-refractivity contribution in [2.45, 2.75) is 12.7 Å². The Morgan fingerprint density at radius 2 is 2.33 bits per heavy atom. The molecule has 0 saturated carbocycles. The normalized spacial score (nSPS) is 10.0. The summed E-state index contributed by atoms with van der Waals surface area (Å²) in [4.78, 5) is 0. The number of hydrogen-bond donors (Lipinski definition) is 1. The fourth-order valence-corrected chi connectivity index (χ4v) is 0.241. The van der Waals surface area contributed by atoms with Crippen molar-refractivity contribution >= 4 is 7.85 Å². The van der Waals surface area contributed by atoms with Crippen molar-refractivity contribution in [2.24, 2.45) is 0 Å². The first-order valence-electron chi connectivity index (χ1n) is 2.21. The summed E-state index contributed by atoms with van der Waals surface area (Å²) in [6.07, 6.45) is 4.91. The second-order valence-corrected chi connectivity index (χ2v) is 1.17. The number of aliphatic hydroxyl groups excluding tert-OH is 1. The first-order chi connectivity index (χ1) is 2.91. The molecule has 0 saturated heterocycles. The molecule has 0 aliphatic rings. The molecule has 0 radical (unpaired) electrons. The Kier molecular flexibility index (Phi) is 4.30. The van der Waals surface area contributed by atoms with Gasteiger partial charge in [0.05, 0.1) is 6.26 Å². The molecule has 1 nitrogen and oxygen atoms in total. The highest BCUT2D eigenvalue weighted by Crippen LogP contribution is 1.82. The number of allylic oxidation sites excluding steroid dienone is 1. The smallest absolute Gasteiger partial charge is 0.101 e. The number of hydrogen-bond acceptors (Lipinski definition) is 1. The van der Waals surface area contributed by atoms with E-state index >= 15 is 0 Å². The number of rotatable bonds is 2. The van der Waals surface area contributed by atoms with Gasteiger partial charge < -0.3 is 5.11 Å². The maximum Gasteiger partial charge on any atom is 0.101 e. The molecular formula is C4H9BO. The van der Waals surface area contributed by atoms with Crippen molar-refractivity contribution in [3.8, 4) is 0 Å². The zero-order chi connectivity index (χ0) is 4.83. The van der Waals surface area contributed by atoms with Gasteiger partial charge in [-0.2, -0.15) is 0 Å². The molecule has 0 aliphatic carbocycles. The lowest BCUT2D eigenvalue weighted by molar-refractivity contribution is 0.471. The van der Waals surface area contributed by atoms with Crippen LogP contribution in [0.3, 0.4) is 0 Å². The lowest BCUT2D eigenvalue weighted by atomic mass is 10.0. The van der Waals surface area contributed by atoms with Gasteiger partial charge in [-0.15, -0.1) is 0 Å². The maximum atomic E-state index is 8.02. The van der Waals surface area contributed by atoms with Gasteiger partial charge in [0.25, 0.3) is 0 Å². The van der Waals surface area contributed by atoms with Gasteiger partial charge in [0, 0.05) is 0 Å². The quantitative estimate of drug-likeness (QED) is 0.381. The minimum absolute atomic E-state index is 0.983. The minimum atomic E-state index is 0.983. The van der Waals surface area contributed by atoms with Crippen molar-refractivity contribution in [3.05, 3.63) is 12.3 Å². The lowest BCUT2D eigenvalue weighted by Crippen LogP contribution is -1.62. The van der Waals surface area contributed by atoms with Crippen LogP contribution >= 0.6 is 0 Å². The van der Waals surface area contributed by atoms with Crippen LogP contribution in [-0.2, 0) is 0 Å². The van der Waals surface area contributed by atoms with Gasteiger partial charge in [-0.1, -0.05) is 12.4 Å². The summed E-state index contributed by atoms with van der Waals surface area (Å²) in [6, 6.07) is 0. The van der Waals surface area contributed by atoms with Crippen LogP contribution in [0.5, 0.6) is 0 Å². The van der Waals surface area contributed by atoms with E-state index in [-0.39, 0.29) is 0 Å². The Bertz CT molecular complexity index is 42.8. The maximum absolute atomic E-state index is 8.02. The van der Waals surface area contributed by atoms with Crippen LogP contribution in [-0.4, -0.2) is 13.0 Å². The van der Waals surface area contributed by atoms with Gasteiger partial charge in [0.15, 0.2) is 0 Å². The highest BCUT2D eigenvalue weighted by atomic mass is 16.2. The average Bonchev–Trinajstić information content (AvgIpc) is 1.61. The van der Waals surface area contributed by atoms with Crippen molar-refractivity contribution in [2.75, 3.05) is 0 Å². The molecule has 0 aromatic heterocycles. The molecule has 0 aromatic rings. The van der Waals surface area contributed by atoms with Crippen LogP contribution in [0.25, 0.3) is 0 Å². The van der Waals surface area contributed by atoms with E-state index in [1.807, 2.05) is 0 Å². The Balaban J connectivity index is 2.66. The third-order valence-electron chi connectivity index (χ3n) is 0.561. The summed E-state index contributed by atoms with van der Waals surface area (Å²) in [7, 11) is 2.07. The highest BCUT2D eigenvalue weighted by Gasteiger charge is 1.66. The molecule has 0 atom stereocenters. The topological polar surface area (TPSA) is 20.2 Å². The van der Waals surface area contributed by atoms with Crippen molar-refractivity contribution < 1.29 is 5.11 Å². The van der Waals surface area contributed by atoms with Crippen molar-refractivity contribution in [3.63, 3.8) is 0 Å². The minimum Gasteiger partial charge on any atom is -0.516 e. The molecule has 0 amide bonds. The van der Waals surface area contributed by atoms with E-state index < -0.39 is 0 Å². The summed E-state index contributed by atoms with van der Waals surface area (Å²) in [5.74, 6) is 0. The van der Waals surface area contributed by atoms with Crippen LogP contribution in [0.15, 0.2) is 12.3 Å². The third-order valence-corrected chi connectivity index (χ3v) is 0.561. The summed E-state index contributed by atoms with van der Waals surface area (Å²) >= 11 is 0. The Labute approximate surface area is 39.1 Å². The van der Waals surface area contributed by atoms with E-state index in [1.165, 1.54) is 0 Å². The predicted molar refractivity (Wildman–Crippen MR) is 29.7 cm³/mol. The average molecular weight is 83.9 g/mol. The fourth-order valence-electron chi connectivity index (χ4n) is 0.241. The van der Waals surface area contributed by atoms with E-state index in [1.54, 1.807) is 6.08 Å². The van der Waals surface area contributed by atoms with Gasteiger partial charge in [0.1, 0.15) is 7.85 Å². The van der Waals surface area contributed by atoms with E-state index in [0.29, 0.717) is 0 Å². The molecule has 0 rings (SSSR count). The van der Waals surface area contributed by atoms with Crippen LogP contribution in [0, 0.1) is 0 Å². The van der Waals surface area contributed by atoms with E-state index in [2.05, 4.69) is 7.85 Å². The zero-order valence-corrected chi connectivity index (χ0v) is 4.02. The Hall–Kier alpha value is -0.395. The van der Waals surface area contributed by atoms with Gasteiger partial charge in [-0.25, -0.2) is 0 Å². The fraction of sp³-hybridized carbons (Fsp3) is 0.500. The van der Waals surface area contributed by atoms with E-state index in [9.17, 15) is 0 Å². The molecule has 1 N–H and O–H groups in total. The van der Waals surface area contributed by atoms with E-state index in [0.717, 1.165) is 19.0 Å². The molecule has 0 unspecified atom stereocenters. The molecule has 0 aromatic carbocycles. The van der Waals surface area contributed by atoms with Gasteiger partial charge in [0.2, 0.25) is 0 Å². The molecule has 0 aliphatic heterocycles. The van der Waals surface area contributed by atoms with Gasteiger partial charge in [-0.05, 0) is 6.42 Å². The Morgan fingerprint density at radius 1 is 1.67 bits per heavy atom. The lowest BCUT2D eigenvalue weighted by Gasteiger charge is -1.75. The van der Waals surface area contributed by atoms with Crippen LogP contribution < -0.4 is 0 Å². The predicted octanol–water partition coefficient (Wildman–Crippen LogP) is 0.500. The van der Waals surface area contributed by atoms with Gasteiger partial charge >= 0.3 is 0 Å². The summed E-state index contributed by atoms with van der Waals surface area (Å²) in [5, 5.41) is 8.02. The second kappa shape index (κ2) is 4.60. The highest BCUT2D eigenvalue weighted by molar-refractivity contribution is 6.08. The first kappa shape index (κ1) is 5.60. The van der Waals surface area contributed by atoms with Crippen molar-refractivity contribution in [1.82, 2.24) is 0 Å². The SMILES string of the molecule is BCCC=CO. The molecule has 6 heavy (non-hydrogen) atoms. The zero-order valence-electron chi connectivity index (χ0n) is 4.02. The summed E-state index contributed by atoms with van der Waals surface area (Å²) < 4.78 is 0. The molecule has 0 heterocycles. The summed E-state index contributed by atoms with van der Waals surface area (Å²) in [5.41, 5.74) is 0. The standard InChI is InChI=1S/C4H9BO/c5-3-1-2-4-6/h2,4,6H,1,3,5H2. The van der Waals surface area contributed by atoms with Crippen LogP contribution in [0.1, 0.15) is 6.42 Å². The monoisotopic (exact) mass is 84.1 g/mol. The second-order valence-electron chi connectivity index (χ2n) is 1.17. The van der Waals surface area contributed by atoms with Crippen molar-refractivity contribution in [1.29, 1.82) is 0 Å². The van der Waals surface area contributed by atoms with Crippen LogP contribution in [0.4, 0.5) is 0 Å². The van der Waals surface area contributed by atoms with Crippen LogP contribution in [0.2, 0.25) is 6.32 Å². The molecule has 0 bridgehead atoms. The molecule has 0 fully saturated rings. The van der Waals surface area contributed by atoms with E-state index in [4.69, 9.17) is 5.11 Å². The third kappa shape index (κ3) is 3.60. The Morgan fingerprint density at radius 3 is 2.50 bits per heavy atom. The first-order valence-corrected chi connectivity index (χ1v) is 2.21.